The molecule has 0 saturated carbocycles. The predicted molar refractivity (Wildman–Crippen MR) is 64.5 cm³/mol. The highest BCUT2D eigenvalue weighted by molar-refractivity contribution is 5.98. The summed E-state index contributed by atoms with van der Waals surface area (Å²) in [4.78, 5) is 22.9. The van der Waals surface area contributed by atoms with Crippen molar-refractivity contribution >= 4 is 17.4 Å². The Morgan fingerprint density at radius 1 is 1.19 bits per heavy atom. The smallest absolute Gasteiger partial charge is 0.229 e. The van der Waals surface area contributed by atoms with Gasteiger partial charge in [-0.25, -0.2) is 0 Å². The minimum Gasteiger partial charge on any atom is -0.326 e. The molecule has 3 heteroatoms. The first-order chi connectivity index (χ1) is 7.30. The molecule has 0 spiro atoms. The van der Waals surface area contributed by atoms with Crippen molar-refractivity contribution in [3.05, 3.63) is 29.8 Å². The van der Waals surface area contributed by atoms with Crippen LogP contribution in [-0.4, -0.2) is 11.7 Å². The fourth-order valence-corrected chi connectivity index (χ4v) is 1.13. The quantitative estimate of drug-likeness (QED) is 0.777. The largest absolute Gasteiger partial charge is 0.326 e. The van der Waals surface area contributed by atoms with Crippen LogP contribution in [0.2, 0.25) is 0 Å². The Balaban J connectivity index is 2.87. The molecule has 86 valence electrons. The Morgan fingerprint density at radius 3 is 2.31 bits per heavy atom. The minimum absolute atomic E-state index is 0.00754. The van der Waals surface area contributed by atoms with Crippen LogP contribution in [0.5, 0.6) is 0 Å². The summed E-state index contributed by atoms with van der Waals surface area (Å²) >= 11 is 0. The van der Waals surface area contributed by atoms with Crippen LogP contribution in [0.4, 0.5) is 5.69 Å². The SMILES string of the molecule is CC(=O)c1cccc(NC(=O)C(C)(C)C)c1. The first-order valence-corrected chi connectivity index (χ1v) is 5.23. The van der Waals surface area contributed by atoms with Crippen LogP contribution in [0.15, 0.2) is 24.3 Å². The standard InChI is InChI=1S/C13H17NO2/c1-9(15)10-6-5-7-11(8-10)14-12(16)13(2,3)4/h5-8H,1-4H3,(H,14,16). The molecule has 0 heterocycles. The molecule has 0 unspecified atom stereocenters. The molecule has 0 aliphatic rings. The van der Waals surface area contributed by atoms with E-state index in [0.717, 1.165) is 0 Å². The Kier molecular flexibility index (Phi) is 3.48. The van der Waals surface area contributed by atoms with Gasteiger partial charge in [-0.15, -0.1) is 0 Å². The van der Waals surface area contributed by atoms with Crippen LogP contribution in [0.3, 0.4) is 0 Å². The fourth-order valence-electron chi connectivity index (χ4n) is 1.13. The fraction of sp³-hybridized carbons (Fsp3) is 0.385. The van der Waals surface area contributed by atoms with Crippen molar-refractivity contribution in [2.75, 3.05) is 5.32 Å². The van der Waals surface area contributed by atoms with Gasteiger partial charge in [-0.2, -0.15) is 0 Å². The Hall–Kier alpha value is -1.64. The predicted octanol–water partition coefficient (Wildman–Crippen LogP) is 2.87. The van der Waals surface area contributed by atoms with Gasteiger partial charge in [0.1, 0.15) is 0 Å². The topological polar surface area (TPSA) is 46.2 Å². The van der Waals surface area contributed by atoms with Gasteiger partial charge in [0.25, 0.3) is 0 Å². The molecule has 16 heavy (non-hydrogen) atoms. The highest BCUT2D eigenvalue weighted by atomic mass is 16.2. The van der Waals surface area contributed by atoms with E-state index in [2.05, 4.69) is 5.32 Å². The van der Waals surface area contributed by atoms with Crippen LogP contribution in [-0.2, 0) is 4.79 Å². The molecule has 0 atom stereocenters. The van der Waals surface area contributed by atoms with Gasteiger partial charge >= 0.3 is 0 Å². The number of ketones is 1. The van der Waals surface area contributed by atoms with E-state index in [0.29, 0.717) is 11.3 Å². The van der Waals surface area contributed by atoms with Crippen molar-refractivity contribution in [3.8, 4) is 0 Å². The summed E-state index contributed by atoms with van der Waals surface area (Å²) in [7, 11) is 0. The van der Waals surface area contributed by atoms with Gasteiger partial charge < -0.3 is 5.32 Å². The van der Waals surface area contributed by atoms with E-state index < -0.39 is 5.41 Å². The third-order valence-corrected chi connectivity index (χ3v) is 2.21. The monoisotopic (exact) mass is 219 g/mol. The van der Waals surface area contributed by atoms with Gasteiger partial charge in [-0.1, -0.05) is 32.9 Å². The van der Waals surface area contributed by atoms with Gasteiger partial charge in [0.05, 0.1) is 0 Å². The van der Waals surface area contributed by atoms with Crippen LogP contribution >= 0.6 is 0 Å². The highest BCUT2D eigenvalue weighted by Crippen LogP contribution is 2.18. The van der Waals surface area contributed by atoms with Crippen molar-refractivity contribution < 1.29 is 9.59 Å². The van der Waals surface area contributed by atoms with Gasteiger partial charge in [0.15, 0.2) is 5.78 Å². The van der Waals surface area contributed by atoms with Crippen molar-refractivity contribution in [2.24, 2.45) is 5.41 Å². The molecule has 0 fully saturated rings. The Bertz CT molecular complexity index is 416. The molecule has 0 saturated heterocycles. The second kappa shape index (κ2) is 4.47. The van der Waals surface area contributed by atoms with Crippen LogP contribution in [0.1, 0.15) is 38.1 Å². The number of carbonyl (C=O) groups is 2. The number of hydrogen-bond donors (Lipinski definition) is 1. The van der Waals surface area contributed by atoms with Gasteiger partial charge in [-0.05, 0) is 19.1 Å². The number of nitrogens with one attached hydrogen (secondary N) is 1. The van der Waals surface area contributed by atoms with Crippen molar-refractivity contribution in [2.45, 2.75) is 27.7 Å². The number of amides is 1. The maximum atomic E-state index is 11.7. The summed E-state index contributed by atoms with van der Waals surface area (Å²) in [5, 5.41) is 2.79. The molecule has 1 amide bonds. The molecule has 1 aromatic carbocycles. The van der Waals surface area contributed by atoms with Crippen molar-refractivity contribution in [1.29, 1.82) is 0 Å². The zero-order valence-electron chi connectivity index (χ0n) is 10.1. The second-order valence-electron chi connectivity index (χ2n) is 4.84. The Labute approximate surface area is 95.9 Å². The van der Waals surface area contributed by atoms with Gasteiger partial charge in [0, 0.05) is 16.7 Å². The molecule has 0 aliphatic carbocycles. The molecule has 0 aliphatic heterocycles. The van der Waals surface area contributed by atoms with Crippen LogP contribution in [0.25, 0.3) is 0 Å². The maximum absolute atomic E-state index is 11.7. The number of Topliss-reactive ketones (excluding diaryl/α,β-unsaturated/α-hetero) is 1. The minimum atomic E-state index is -0.438. The lowest BCUT2D eigenvalue weighted by atomic mass is 9.95. The van der Waals surface area contributed by atoms with E-state index >= 15 is 0 Å². The van der Waals surface area contributed by atoms with E-state index in [1.165, 1.54) is 6.92 Å². The zero-order chi connectivity index (χ0) is 12.3. The van der Waals surface area contributed by atoms with E-state index in [1.54, 1.807) is 24.3 Å². The summed E-state index contributed by atoms with van der Waals surface area (Å²) in [6, 6.07) is 6.95. The molecule has 1 N–H and O–H groups in total. The normalized spacial score (nSPS) is 11.0. The summed E-state index contributed by atoms with van der Waals surface area (Å²) in [6.07, 6.45) is 0. The van der Waals surface area contributed by atoms with E-state index in [-0.39, 0.29) is 11.7 Å². The van der Waals surface area contributed by atoms with Gasteiger partial charge in [0.2, 0.25) is 5.91 Å². The number of anilines is 1. The first-order valence-electron chi connectivity index (χ1n) is 5.23. The van der Waals surface area contributed by atoms with E-state index in [4.69, 9.17) is 0 Å². The number of benzene rings is 1. The molecule has 0 bridgehead atoms. The zero-order valence-corrected chi connectivity index (χ0v) is 10.1. The summed E-state index contributed by atoms with van der Waals surface area (Å²) in [5.41, 5.74) is 0.825. The lowest BCUT2D eigenvalue weighted by molar-refractivity contribution is -0.123. The van der Waals surface area contributed by atoms with Crippen LogP contribution < -0.4 is 5.32 Å². The second-order valence-corrected chi connectivity index (χ2v) is 4.84. The summed E-state index contributed by atoms with van der Waals surface area (Å²) in [5.74, 6) is -0.0694. The molecular weight excluding hydrogens is 202 g/mol. The van der Waals surface area contributed by atoms with Crippen molar-refractivity contribution in [1.82, 2.24) is 0 Å². The number of carbonyl (C=O) groups excluding carboxylic acids is 2. The molecule has 3 nitrogen and oxygen atoms in total. The first kappa shape index (κ1) is 12.4. The van der Waals surface area contributed by atoms with E-state index in [1.807, 2.05) is 20.8 Å². The molecule has 0 aromatic heterocycles. The van der Waals surface area contributed by atoms with Crippen LogP contribution in [0, 0.1) is 5.41 Å². The number of rotatable bonds is 2. The highest BCUT2D eigenvalue weighted by Gasteiger charge is 2.21. The van der Waals surface area contributed by atoms with Crippen molar-refractivity contribution in [3.63, 3.8) is 0 Å². The molecule has 1 rings (SSSR count). The van der Waals surface area contributed by atoms with Gasteiger partial charge in [-0.3, -0.25) is 9.59 Å². The maximum Gasteiger partial charge on any atom is 0.229 e. The lowest BCUT2D eigenvalue weighted by Gasteiger charge is -2.17. The Morgan fingerprint density at radius 2 is 1.81 bits per heavy atom. The summed E-state index contributed by atoms with van der Waals surface area (Å²) < 4.78 is 0. The van der Waals surface area contributed by atoms with E-state index in [9.17, 15) is 9.59 Å². The number of hydrogen-bond acceptors (Lipinski definition) is 2. The lowest BCUT2D eigenvalue weighted by Crippen LogP contribution is -2.27. The molecule has 1 aromatic rings. The third kappa shape index (κ3) is 3.19. The molecular formula is C13H17NO2. The summed E-state index contributed by atoms with van der Waals surface area (Å²) in [6.45, 7) is 7.04. The molecule has 0 radical (unpaired) electrons. The average molecular weight is 219 g/mol. The average Bonchev–Trinajstić information content (AvgIpc) is 2.16. The third-order valence-electron chi connectivity index (χ3n) is 2.21.